The van der Waals surface area contributed by atoms with E-state index in [1.54, 1.807) is 6.20 Å². The van der Waals surface area contributed by atoms with E-state index in [0.29, 0.717) is 0 Å². The smallest absolute Gasteiger partial charge is 0.0735 e. The highest BCUT2D eigenvalue weighted by Gasteiger charge is 1.95. The van der Waals surface area contributed by atoms with Crippen LogP contribution in [0.15, 0.2) is 30.5 Å². The van der Waals surface area contributed by atoms with Gasteiger partial charge in [0.15, 0.2) is 0 Å². The van der Waals surface area contributed by atoms with Crippen LogP contribution in [-0.4, -0.2) is 15.4 Å². The van der Waals surface area contributed by atoms with Crippen molar-refractivity contribution < 1.29 is 0 Å². The van der Waals surface area contributed by atoms with Crippen LogP contribution in [0.1, 0.15) is 16.8 Å². The zero-order chi connectivity index (χ0) is 10.5. The number of nitrogens with zero attached hydrogens (tertiary/aromatic N) is 2. The highest BCUT2D eigenvalue weighted by atomic mass is 15.3. The van der Waals surface area contributed by atoms with Crippen LogP contribution in [-0.2, 0) is 13.1 Å². The van der Waals surface area contributed by atoms with Crippen LogP contribution in [0.5, 0.6) is 0 Å². The van der Waals surface area contributed by atoms with Crippen molar-refractivity contribution in [1.82, 2.24) is 20.7 Å². The van der Waals surface area contributed by atoms with Crippen molar-refractivity contribution in [1.29, 1.82) is 0 Å². The van der Waals surface area contributed by atoms with Crippen LogP contribution in [0.3, 0.4) is 0 Å². The number of hydrogen-bond acceptors (Lipinski definition) is 3. The molecule has 2 N–H and O–H groups in total. The summed E-state index contributed by atoms with van der Waals surface area (Å²) in [6, 6.07) is 8.50. The van der Waals surface area contributed by atoms with Crippen molar-refractivity contribution in [3.05, 3.63) is 47.3 Å². The molecule has 0 amide bonds. The number of aromatic nitrogens is 3. The molecule has 0 saturated carbocycles. The molecule has 0 spiro atoms. The van der Waals surface area contributed by atoms with Crippen LogP contribution < -0.4 is 5.32 Å². The van der Waals surface area contributed by atoms with E-state index in [2.05, 4.69) is 51.9 Å². The molecule has 0 aliphatic carbocycles. The highest BCUT2D eigenvalue weighted by Crippen LogP contribution is 2.02. The average molecular weight is 202 g/mol. The minimum atomic E-state index is 0.765. The third-order valence-electron chi connectivity index (χ3n) is 2.23. The summed E-state index contributed by atoms with van der Waals surface area (Å²) in [4.78, 5) is 0. The first-order valence-corrected chi connectivity index (χ1v) is 4.96. The molecule has 0 unspecified atom stereocenters. The maximum absolute atomic E-state index is 3.71. The first-order chi connectivity index (χ1) is 7.34. The summed E-state index contributed by atoms with van der Waals surface area (Å²) in [5.74, 6) is 0. The predicted molar refractivity (Wildman–Crippen MR) is 58.1 cm³/mol. The second-order valence-corrected chi connectivity index (χ2v) is 3.57. The third kappa shape index (κ3) is 2.89. The van der Waals surface area contributed by atoms with Gasteiger partial charge in [-0.05, 0) is 12.5 Å². The van der Waals surface area contributed by atoms with Crippen LogP contribution in [0.25, 0.3) is 0 Å². The van der Waals surface area contributed by atoms with Crippen molar-refractivity contribution in [2.24, 2.45) is 0 Å². The quantitative estimate of drug-likeness (QED) is 0.788. The maximum atomic E-state index is 3.71. The van der Waals surface area contributed by atoms with E-state index >= 15 is 0 Å². The second kappa shape index (κ2) is 4.70. The van der Waals surface area contributed by atoms with Gasteiger partial charge in [-0.25, -0.2) is 0 Å². The lowest BCUT2D eigenvalue weighted by molar-refractivity contribution is 0.677. The minimum Gasteiger partial charge on any atom is -0.307 e. The van der Waals surface area contributed by atoms with Crippen LogP contribution >= 0.6 is 0 Å². The van der Waals surface area contributed by atoms with E-state index in [1.807, 2.05) is 0 Å². The Morgan fingerprint density at radius 2 is 2.00 bits per heavy atom. The Kier molecular flexibility index (Phi) is 3.09. The van der Waals surface area contributed by atoms with E-state index in [4.69, 9.17) is 0 Å². The summed E-state index contributed by atoms with van der Waals surface area (Å²) in [6.07, 6.45) is 1.72. The number of nitrogens with one attached hydrogen (secondary N) is 2. The summed E-state index contributed by atoms with van der Waals surface area (Å²) in [7, 11) is 0. The molecule has 0 radical (unpaired) electrons. The molecule has 0 atom stereocenters. The molecule has 1 aromatic heterocycles. The molecule has 1 heterocycles. The SMILES string of the molecule is Cc1ccc(CNCc2cnn[nH]2)cc1. The second-order valence-electron chi connectivity index (χ2n) is 3.57. The maximum Gasteiger partial charge on any atom is 0.0735 e. The van der Waals surface area contributed by atoms with Crippen LogP contribution in [0.4, 0.5) is 0 Å². The minimum absolute atomic E-state index is 0.765. The first kappa shape index (κ1) is 9.86. The van der Waals surface area contributed by atoms with Crippen LogP contribution in [0, 0.1) is 6.92 Å². The fraction of sp³-hybridized carbons (Fsp3) is 0.273. The molecule has 0 aliphatic heterocycles. The summed E-state index contributed by atoms with van der Waals surface area (Å²) >= 11 is 0. The Bertz CT molecular complexity index is 391. The molecule has 4 nitrogen and oxygen atoms in total. The summed E-state index contributed by atoms with van der Waals surface area (Å²) in [6.45, 7) is 3.72. The summed E-state index contributed by atoms with van der Waals surface area (Å²) in [5.41, 5.74) is 3.58. The van der Waals surface area contributed by atoms with Gasteiger partial charge in [0, 0.05) is 13.1 Å². The molecule has 0 saturated heterocycles. The molecule has 0 aliphatic rings. The number of hydrogen-bond donors (Lipinski definition) is 2. The van der Waals surface area contributed by atoms with Gasteiger partial charge in [-0.3, -0.25) is 5.10 Å². The summed E-state index contributed by atoms with van der Waals surface area (Å²) < 4.78 is 0. The van der Waals surface area contributed by atoms with Crippen LogP contribution in [0.2, 0.25) is 0 Å². The number of aromatic amines is 1. The number of benzene rings is 1. The molecular formula is C11H14N4. The number of aryl methyl sites for hydroxylation is 1. The zero-order valence-corrected chi connectivity index (χ0v) is 8.70. The van der Waals surface area contributed by atoms with E-state index in [1.165, 1.54) is 11.1 Å². The van der Waals surface area contributed by atoms with Gasteiger partial charge >= 0.3 is 0 Å². The van der Waals surface area contributed by atoms with E-state index < -0.39 is 0 Å². The Morgan fingerprint density at radius 1 is 1.20 bits per heavy atom. The largest absolute Gasteiger partial charge is 0.307 e. The molecule has 1 aromatic carbocycles. The molecule has 4 heteroatoms. The molecule has 0 bridgehead atoms. The van der Waals surface area contributed by atoms with Gasteiger partial charge in [-0.15, -0.1) is 5.10 Å². The Balaban J connectivity index is 1.81. The summed E-state index contributed by atoms with van der Waals surface area (Å²) in [5, 5.41) is 13.5. The van der Waals surface area contributed by atoms with Gasteiger partial charge in [-0.1, -0.05) is 35.0 Å². The van der Waals surface area contributed by atoms with Gasteiger partial charge < -0.3 is 5.32 Å². The third-order valence-corrected chi connectivity index (χ3v) is 2.23. The van der Waals surface area contributed by atoms with Gasteiger partial charge in [0.05, 0.1) is 11.9 Å². The van der Waals surface area contributed by atoms with Gasteiger partial charge in [-0.2, -0.15) is 0 Å². The standard InChI is InChI=1S/C11H14N4/c1-9-2-4-10(5-3-9)6-12-7-11-8-13-15-14-11/h2-5,8,12H,6-7H2,1H3,(H,13,14,15). The molecule has 78 valence electrons. The molecule has 15 heavy (non-hydrogen) atoms. The predicted octanol–water partition coefficient (Wildman–Crippen LogP) is 1.40. The number of H-pyrrole nitrogens is 1. The number of rotatable bonds is 4. The van der Waals surface area contributed by atoms with E-state index in [0.717, 1.165) is 18.8 Å². The molecule has 0 fully saturated rings. The van der Waals surface area contributed by atoms with Crippen molar-refractivity contribution >= 4 is 0 Å². The molecular weight excluding hydrogens is 188 g/mol. The normalized spacial score (nSPS) is 10.5. The van der Waals surface area contributed by atoms with Gasteiger partial charge in [0.2, 0.25) is 0 Å². The van der Waals surface area contributed by atoms with Gasteiger partial charge in [0.25, 0.3) is 0 Å². The average Bonchev–Trinajstić information content (AvgIpc) is 2.74. The molecule has 2 aromatic rings. The Labute approximate surface area is 88.7 Å². The fourth-order valence-corrected chi connectivity index (χ4v) is 1.35. The Hall–Kier alpha value is -1.68. The fourth-order valence-electron chi connectivity index (χ4n) is 1.35. The van der Waals surface area contributed by atoms with E-state index in [-0.39, 0.29) is 0 Å². The lowest BCUT2D eigenvalue weighted by Gasteiger charge is -2.03. The molecule has 2 rings (SSSR count). The van der Waals surface area contributed by atoms with Crippen molar-refractivity contribution in [2.75, 3.05) is 0 Å². The lowest BCUT2D eigenvalue weighted by Crippen LogP contribution is -2.12. The zero-order valence-electron chi connectivity index (χ0n) is 8.70. The van der Waals surface area contributed by atoms with Crippen molar-refractivity contribution in [2.45, 2.75) is 20.0 Å². The van der Waals surface area contributed by atoms with Gasteiger partial charge in [0.1, 0.15) is 0 Å². The monoisotopic (exact) mass is 202 g/mol. The first-order valence-electron chi connectivity index (χ1n) is 4.96. The Morgan fingerprint density at radius 3 is 2.67 bits per heavy atom. The van der Waals surface area contributed by atoms with E-state index in [9.17, 15) is 0 Å². The highest BCUT2D eigenvalue weighted by molar-refractivity contribution is 5.21. The van der Waals surface area contributed by atoms with Crippen molar-refractivity contribution in [3.63, 3.8) is 0 Å². The van der Waals surface area contributed by atoms with Crippen molar-refractivity contribution in [3.8, 4) is 0 Å². The lowest BCUT2D eigenvalue weighted by atomic mass is 10.1. The topological polar surface area (TPSA) is 53.6 Å².